The van der Waals surface area contributed by atoms with Crippen molar-refractivity contribution in [2.45, 2.75) is 19.8 Å². The average Bonchev–Trinajstić information content (AvgIpc) is 2.30. The minimum atomic E-state index is 0.466. The molecule has 2 aromatic carbocycles. The van der Waals surface area contributed by atoms with E-state index < -0.39 is 0 Å². The monoisotopic (exact) mass is 322 g/mol. The summed E-state index contributed by atoms with van der Waals surface area (Å²) in [6.07, 6.45) is 0. The first-order valence-corrected chi connectivity index (χ1v) is 6.57. The Morgan fingerprint density at radius 1 is 0.938 bits per heavy atom. The molecule has 0 heterocycles. The smallest absolute Gasteiger partial charge is 0.0168 e. The van der Waals surface area contributed by atoms with E-state index >= 15 is 0 Å². The van der Waals surface area contributed by atoms with Crippen LogP contribution in [0.4, 0.5) is 0 Å². The highest BCUT2D eigenvalue weighted by Gasteiger charge is 2.10. The van der Waals surface area contributed by atoms with Gasteiger partial charge in [-0.15, -0.1) is 0 Å². The van der Waals surface area contributed by atoms with Crippen LogP contribution in [0.5, 0.6) is 0 Å². The van der Waals surface area contributed by atoms with Crippen LogP contribution in [0.15, 0.2) is 48.5 Å². The van der Waals surface area contributed by atoms with E-state index in [1.807, 2.05) is 0 Å². The van der Waals surface area contributed by atoms with Crippen molar-refractivity contribution in [1.82, 2.24) is 0 Å². The number of hydrogen-bond acceptors (Lipinski definition) is 0. The SMILES string of the molecule is Cc1ccc(C(C)c2ccccc2I)cc1. The zero-order chi connectivity index (χ0) is 11.5. The van der Waals surface area contributed by atoms with Crippen LogP contribution in [-0.2, 0) is 0 Å². The summed E-state index contributed by atoms with van der Waals surface area (Å²) in [5.41, 5.74) is 4.11. The van der Waals surface area contributed by atoms with Crippen molar-refractivity contribution in [2.24, 2.45) is 0 Å². The Kier molecular flexibility index (Phi) is 3.64. The van der Waals surface area contributed by atoms with Gasteiger partial charge in [0.1, 0.15) is 0 Å². The molecule has 0 spiro atoms. The summed E-state index contributed by atoms with van der Waals surface area (Å²) in [5, 5.41) is 0. The van der Waals surface area contributed by atoms with Crippen LogP contribution in [-0.4, -0.2) is 0 Å². The van der Waals surface area contributed by atoms with Crippen molar-refractivity contribution in [2.75, 3.05) is 0 Å². The first kappa shape index (κ1) is 11.6. The highest BCUT2D eigenvalue weighted by Crippen LogP contribution is 2.27. The molecule has 0 saturated carbocycles. The second-order valence-corrected chi connectivity index (χ2v) is 5.32. The Hall–Kier alpha value is -0.830. The van der Waals surface area contributed by atoms with E-state index in [0.717, 1.165) is 0 Å². The summed E-state index contributed by atoms with van der Waals surface area (Å²) in [7, 11) is 0. The molecule has 0 aliphatic heterocycles. The number of aryl methyl sites for hydroxylation is 1. The Balaban J connectivity index is 2.35. The highest BCUT2D eigenvalue weighted by molar-refractivity contribution is 14.1. The molecule has 0 fully saturated rings. The van der Waals surface area contributed by atoms with Gasteiger partial charge in [-0.05, 0) is 46.7 Å². The third-order valence-corrected chi connectivity index (χ3v) is 3.93. The molecule has 0 aliphatic rings. The normalized spacial score (nSPS) is 12.4. The fraction of sp³-hybridized carbons (Fsp3) is 0.200. The number of halogens is 1. The van der Waals surface area contributed by atoms with Gasteiger partial charge in [-0.25, -0.2) is 0 Å². The van der Waals surface area contributed by atoms with Gasteiger partial charge >= 0.3 is 0 Å². The molecule has 16 heavy (non-hydrogen) atoms. The molecule has 0 saturated heterocycles. The van der Waals surface area contributed by atoms with Gasteiger partial charge in [0.25, 0.3) is 0 Å². The molecular weight excluding hydrogens is 307 g/mol. The summed E-state index contributed by atoms with van der Waals surface area (Å²) < 4.78 is 1.34. The van der Waals surface area contributed by atoms with Gasteiger partial charge < -0.3 is 0 Å². The number of benzene rings is 2. The first-order valence-electron chi connectivity index (χ1n) is 5.49. The Bertz CT molecular complexity index is 471. The lowest BCUT2D eigenvalue weighted by Crippen LogP contribution is -1.98. The largest absolute Gasteiger partial charge is 0.0619 e. The highest BCUT2D eigenvalue weighted by atomic mass is 127. The summed E-state index contributed by atoms with van der Waals surface area (Å²) in [5.74, 6) is 0.466. The standard InChI is InChI=1S/C15H15I/c1-11-7-9-13(10-8-11)12(2)14-5-3-4-6-15(14)16/h3-10,12H,1-2H3. The minimum absolute atomic E-state index is 0.466. The second kappa shape index (κ2) is 5.00. The zero-order valence-electron chi connectivity index (χ0n) is 9.57. The van der Waals surface area contributed by atoms with Crippen LogP contribution in [0.2, 0.25) is 0 Å². The lowest BCUT2D eigenvalue weighted by Gasteiger charge is -2.14. The van der Waals surface area contributed by atoms with Gasteiger partial charge in [-0.3, -0.25) is 0 Å². The van der Waals surface area contributed by atoms with Crippen LogP contribution in [0, 0.1) is 10.5 Å². The predicted octanol–water partition coefficient (Wildman–Crippen LogP) is 4.75. The van der Waals surface area contributed by atoms with E-state index in [0.29, 0.717) is 5.92 Å². The second-order valence-electron chi connectivity index (χ2n) is 4.15. The molecule has 1 unspecified atom stereocenters. The maximum Gasteiger partial charge on any atom is 0.0168 e. The molecule has 0 N–H and O–H groups in total. The molecule has 0 aromatic heterocycles. The Labute approximate surface area is 111 Å². The van der Waals surface area contributed by atoms with Crippen molar-refractivity contribution in [3.63, 3.8) is 0 Å². The predicted molar refractivity (Wildman–Crippen MR) is 77.9 cm³/mol. The third-order valence-electron chi connectivity index (χ3n) is 2.95. The lowest BCUT2D eigenvalue weighted by molar-refractivity contribution is 0.914. The molecular formula is C15H15I. The van der Waals surface area contributed by atoms with Gasteiger partial charge in [0.2, 0.25) is 0 Å². The van der Waals surface area contributed by atoms with Crippen molar-refractivity contribution in [3.05, 3.63) is 68.8 Å². The van der Waals surface area contributed by atoms with Crippen LogP contribution in [0.1, 0.15) is 29.5 Å². The van der Waals surface area contributed by atoms with Crippen LogP contribution in [0.25, 0.3) is 0 Å². The van der Waals surface area contributed by atoms with E-state index in [9.17, 15) is 0 Å². The number of rotatable bonds is 2. The summed E-state index contributed by atoms with van der Waals surface area (Å²) in [6, 6.07) is 17.4. The van der Waals surface area contributed by atoms with Gasteiger partial charge in [0, 0.05) is 9.49 Å². The molecule has 0 nitrogen and oxygen atoms in total. The maximum absolute atomic E-state index is 2.41. The van der Waals surface area contributed by atoms with Gasteiger partial charge in [-0.2, -0.15) is 0 Å². The molecule has 2 aromatic rings. The van der Waals surface area contributed by atoms with Crippen molar-refractivity contribution in [1.29, 1.82) is 0 Å². The number of hydrogen-bond donors (Lipinski definition) is 0. The van der Waals surface area contributed by atoms with Crippen molar-refractivity contribution < 1.29 is 0 Å². The van der Waals surface area contributed by atoms with E-state index in [4.69, 9.17) is 0 Å². The summed E-state index contributed by atoms with van der Waals surface area (Å²) >= 11 is 2.41. The molecule has 0 bridgehead atoms. The van der Waals surface area contributed by atoms with Crippen LogP contribution in [0.3, 0.4) is 0 Å². The van der Waals surface area contributed by atoms with E-state index in [-0.39, 0.29) is 0 Å². The Morgan fingerprint density at radius 3 is 2.19 bits per heavy atom. The molecule has 1 atom stereocenters. The summed E-state index contributed by atoms with van der Waals surface area (Å²) in [4.78, 5) is 0. The van der Waals surface area contributed by atoms with Crippen LogP contribution < -0.4 is 0 Å². The van der Waals surface area contributed by atoms with Gasteiger partial charge in [0.05, 0.1) is 0 Å². The third kappa shape index (κ3) is 2.46. The minimum Gasteiger partial charge on any atom is -0.0619 e. The molecule has 0 amide bonds. The van der Waals surface area contributed by atoms with Crippen LogP contribution >= 0.6 is 22.6 Å². The molecule has 82 valence electrons. The van der Waals surface area contributed by atoms with Crippen molar-refractivity contribution >= 4 is 22.6 Å². The van der Waals surface area contributed by atoms with E-state index in [1.54, 1.807) is 0 Å². The van der Waals surface area contributed by atoms with E-state index in [1.165, 1.54) is 20.3 Å². The average molecular weight is 322 g/mol. The molecule has 1 heteroatoms. The summed E-state index contributed by atoms with van der Waals surface area (Å²) in [6.45, 7) is 4.39. The zero-order valence-corrected chi connectivity index (χ0v) is 11.7. The maximum atomic E-state index is 2.41. The topological polar surface area (TPSA) is 0 Å². The Morgan fingerprint density at radius 2 is 1.56 bits per heavy atom. The van der Waals surface area contributed by atoms with Crippen molar-refractivity contribution in [3.8, 4) is 0 Å². The lowest BCUT2D eigenvalue weighted by atomic mass is 9.93. The fourth-order valence-electron chi connectivity index (χ4n) is 1.86. The van der Waals surface area contributed by atoms with Gasteiger partial charge in [-0.1, -0.05) is 55.0 Å². The molecule has 0 aliphatic carbocycles. The fourth-order valence-corrected chi connectivity index (χ4v) is 2.72. The first-order chi connectivity index (χ1) is 7.68. The molecule has 2 rings (SSSR count). The molecule has 0 radical (unpaired) electrons. The quantitative estimate of drug-likeness (QED) is 0.700. The van der Waals surface area contributed by atoms with Gasteiger partial charge in [0.15, 0.2) is 0 Å². The van der Waals surface area contributed by atoms with E-state index in [2.05, 4.69) is 85.0 Å².